The number of carbonyl (C=O) groups is 2. The highest BCUT2D eigenvalue weighted by atomic mass is 79.9. The van der Waals surface area contributed by atoms with E-state index < -0.39 is 16.8 Å². The summed E-state index contributed by atoms with van der Waals surface area (Å²) < 4.78 is 11.4. The summed E-state index contributed by atoms with van der Waals surface area (Å²) in [4.78, 5) is 36.1. The average molecular weight is 607 g/mol. The number of nitriles is 1. The minimum Gasteiger partial charge on any atom is -0.493 e. The number of hydrogen-bond acceptors (Lipinski definition) is 7. The Hall–Kier alpha value is -4.72. The van der Waals surface area contributed by atoms with Crippen molar-refractivity contribution in [2.45, 2.75) is 0 Å². The number of esters is 1. The molecule has 0 bridgehead atoms. The SMILES string of the molecule is COc1cc(/C=C(/C#N)C(=O)Nc2ccc([N+](=O)[O-])cc2Cl)cc(Br)c1OC(=O)c1cccc2ccccc12. The molecule has 0 heterocycles. The summed E-state index contributed by atoms with van der Waals surface area (Å²) >= 11 is 9.41. The summed E-state index contributed by atoms with van der Waals surface area (Å²) in [6.07, 6.45) is 1.30. The number of nitrogens with one attached hydrogen (secondary N) is 1. The summed E-state index contributed by atoms with van der Waals surface area (Å²) in [5.74, 6) is -1.07. The van der Waals surface area contributed by atoms with Gasteiger partial charge in [-0.15, -0.1) is 0 Å². The first kappa shape index (κ1) is 27.3. The molecule has 194 valence electrons. The fraction of sp³-hybridized carbons (Fsp3) is 0.0357. The van der Waals surface area contributed by atoms with Crippen molar-refractivity contribution >= 4 is 67.6 Å². The van der Waals surface area contributed by atoms with Gasteiger partial charge in [-0.1, -0.05) is 48.0 Å². The molecule has 0 atom stereocenters. The van der Waals surface area contributed by atoms with E-state index in [-0.39, 0.29) is 33.5 Å². The van der Waals surface area contributed by atoms with Crippen molar-refractivity contribution in [1.29, 1.82) is 5.26 Å². The van der Waals surface area contributed by atoms with Crippen molar-refractivity contribution in [3.63, 3.8) is 0 Å². The average Bonchev–Trinajstić information content (AvgIpc) is 2.93. The Balaban J connectivity index is 1.60. The lowest BCUT2D eigenvalue weighted by molar-refractivity contribution is -0.384. The first-order valence-corrected chi connectivity index (χ1v) is 12.3. The maximum Gasteiger partial charge on any atom is 0.344 e. The van der Waals surface area contributed by atoms with Crippen LogP contribution in [0.4, 0.5) is 11.4 Å². The zero-order valence-corrected chi connectivity index (χ0v) is 22.4. The van der Waals surface area contributed by atoms with Gasteiger partial charge in [-0.3, -0.25) is 14.9 Å². The van der Waals surface area contributed by atoms with E-state index in [9.17, 15) is 25.0 Å². The molecule has 11 heteroatoms. The number of nitrogens with zero attached hydrogens (tertiary/aromatic N) is 2. The number of non-ortho nitro benzene ring substituents is 1. The standard InChI is InChI=1S/C28H17BrClN3O6/c1-38-25-13-16(11-18(15-31)27(34)32-24-10-9-19(33(36)37)14-23(24)30)12-22(29)26(25)39-28(35)21-8-4-6-17-5-2-3-7-20(17)21/h2-14H,1H3,(H,32,34)/b18-11-. The maximum atomic E-state index is 13.1. The van der Waals surface area contributed by atoms with Crippen LogP contribution in [0.2, 0.25) is 5.02 Å². The smallest absolute Gasteiger partial charge is 0.344 e. The van der Waals surface area contributed by atoms with E-state index in [4.69, 9.17) is 21.1 Å². The van der Waals surface area contributed by atoms with Gasteiger partial charge < -0.3 is 14.8 Å². The Morgan fingerprint density at radius 3 is 2.54 bits per heavy atom. The second-order valence-corrected chi connectivity index (χ2v) is 9.26. The Morgan fingerprint density at radius 2 is 1.85 bits per heavy atom. The van der Waals surface area contributed by atoms with Crippen molar-refractivity contribution in [2.24, 2.45) is 0 Å². The molecular formula is C28H17BrClN3O6. The van der Waals surface area contributed by atoms with Gasteiger partial charge >= 0.3 is 5.97 Å². The monoisotopic (exact) mass is 605 g/mol. The highest BCUT2D eigenvalue weighted by Crippen LogP contribution is 2.38. The van der Waals surface area contributed by atoms with E-state index in [0.717, 1.165) is 16.8 Å². The molecule has 0 saturated heterocycles. The molecule has 39 heavy (non-hydrogen) atoms. The van der Waals surface area contributed by atoms with Gasteiger partial charge in [0.15, 0.2) is 11.5 Å². The van der Waals surface area contributed by atoms with Crippen molar-refractivity contribution in [3.05, 3.63) is 109 Å². The summed E-state index contributed by atoms with van der Waals surface area (Å²) in [7, 11) is 1.39. The molecule has 1 N–H and O–H groups in total. The normalized spacial score (nSPS) is 11.0. The predicted molar refractivity (Wildman–Crippen MR) is 150 cm³/mol. The van der Waals surface area contributed by atoms with Crippen LogP contribution >= 0.6 is 27.5 Å². The number of hydrogen-bond donors (Lipinski definition) is 1. The fourth-order valence-corrected chi connectivity index (χ4v) is 4.46. The van der Waals surface area contributed by atoms with Gasteiger partial charge in [0.05, 0.1) is 32.8 Å². The molecule has 4 aromatic carbocycles. The number of amides is 1. The fourth-order valence-electron chi connectivity index (χ4n) is 3.70. The first-order chi connectivity index (χ1) is 18.7. The van der Waals surface area contributed by atoms with E-state index in [1.807, 2.05) is 36.4 Å². The molecule has 0 radical (unpaired) electrons. The lowest BCUT2D eigenvalue weighted by Gasteiger charge is -2.13. The molecule has 4 aromatic rings. The van der Waals surface area contributed by atoms with Gasteiger partial charge in [0.1, 0.15) is 11.6 Å². The Bertz CT molecular complexity index is 1710. The third-order valence-electron chi connectivity index (χ3n) is 5.54. The second kappa shape index (κ2) is 11.8. The van der Waals surface area contributed by atoms with E-state index in [0.29, 0.717) is 15.6 Å². The summed E-state index contributed by atoms with van der Waals surface area (Å²) in [6.45, 7) is 0. The number of anilines is 1. The molecule has 0 aliphatic carbocycles. The summed E-state index contributed by atoms with van der Waals surface area (Å²) in [5, 5.41) is 24.5. The van der Waals surface area contributed by atoms with E-state index in [1.165, 1.54) is 31.4 Å². The number of fused-ring (bicyclic) bond motifs is 1. The number of nitro groups is 1. The van der Waals surface area contributed by atoms with E-state index in [2.05, 4.69) is 21.2 Å². The van der Waals surface area contributed by atoms with Crippen LogP contribution in [0.25, 0.3) is 16.8 Å². The van der Waals surface area contributed by atoms with Crippen molar-refractivity contribution in [3.8, 4) is 17.6 Å². The van der Waals surface area contributed by atoms with Crippen LogP contribution in [-0.2, 0) is 4.79 Å². The number of nitro benzene ring substituents is 1. The van der Waals surface area contributed by atoms with Gasteiger partial charge in [-0.25, -0.2) is 4.79 Å². The van der Waals surface area contributed by atoms with Gasteiger partial charge in [-0.2, -0.15) is 5.26 Å². The van der Waals surface area contributed by atoms with Crippen LogP contribution in [-0.4, -0.2) is 23.9 Å². The highest BCUT2D eigenvalue weighted by Gasteiger charge is 2.20. The molecule has 0 aliphatic heterocycles. The van der Waals surface area contributed by atoms with Gasteiger partial charge in [0, 0.05) is 12.1 Å². The molecular weight excluding hydrogens is 590 g/mol. The Labute approximate surface area is 235 Å². The lowest BCUT2D eigenvalue weighted by atomic mass is 10.0. The van der Waals surface area contributed by atoms with Gasteiger partial charge in [-0.05, 0) is 62.6 Å². The molecule has 4 rings (SSSR count). The summed E-state index contributed by atoms with van der Waals surface area (Å²) in [5.41, 5.74) is 0.346. The largest absolute Gasteiger partial charge is 0.493 e. The topological polar surface area (TPSA) is 132 Å². The van der Waals surface area contributed by atoms with E-state index in [1.54, 1.807) is 18.2 Å². The molecule has 0 aromatic heterocycles. The third kappa shape index (κ3) is 6.06. The zero-order valence-electron chi connectivity index (χ0n) is 20.1. The van der Waals surface area contributed by atoms with Gasteiger partial charge in [0.25, 0.3) is 11.6 Å². The number of carbonyl (C=O) groups excluding carboxylic acids is 2. The van der Waals surface area contributed by atoms with Crippen LogP contribution < -0.4 is 14.8 Å². The number of benzene rings is 4. The molecule has 0 spiro atoms. The predicted octanol–water partition coefficient (Wildman–Crippen LogP) is 6.94. The third-order valence-corrected chi connectivity index (χ3v) is 6.45. The Morgan fingerprint density at radius 1 is 1.10 bits per heavy atom. The minimum atomic E-state index is -0.783. The zero-order chi connectivity index (χ0) is 28.1. The molecule has 0 unspecified atom stereocenters. The molecule has 0 saturated carbocycles. The van der Waals surface area contributed by atoms with Crippen LogP contribution in [0.3, 0.4) is 0 Å². The second-order valence-electron chi connectivity index (χ2n) is 8.00. The van der Waals surface area contributed by atoms with Crippen LogP contribution in [0.15, 0.2) is 82.8 Å². The quantitative estimate of drug-likeness (QED) is 0.0602. The number of halogens is 2. The molecule has 0 aliphatic rings. The van der Waals surface area contributed by atoms with Gasteiger partial charge in [0.2, 0.25) is 0 Å². The molecule has 9 nitrogen and oxygen atoms in total. The van der Waals surface area contributed by atoms with Crippen LogP contribution in [0.1, 0.15) is 15.9 Å². The Kier molecular flexibility index (Phi) is 8.24. The highest BCUT2D eigenvalue weighted by molar-refractivity contribution is 9.10. The number of methoxy groups -OCH3 is 1. The minimum absolute atomic E-state index is 0.0587. The van der Waals surface area contributed by atoms with Crippen molar-refractivity contribution in [1.82, 2.24) is 0 Å². The van der Waals surface area contributed by atoms with Crippen molar-refractivity contribution in [2.75, 3.05) is 12.4 Å². The molecule has 0 fully saturated rings. The van der Waals surface area contributed by atoms with Crippen LogP contribution in [0, 0.1) is 21.4 Å². The van der Waals surface area contributed by atoms with Crippen molar-refractivity contribution < 1.29 is 24.0 Å². The molecule has 1 amide bonds. The van der Waals surface area contributed by atoms with Crippen LogP contribution in [0.5, 0.6) is 11.5 Å². The maximum absolute atomic E-state index is 13.1. The number of rotatable bonds is 7. The van der Waals surface area contributed by atoms with E-state index >= 15 is 0 Å². The summed E-state index contributed by atoms with van der Waals surface area (Å²) in [6, 6.07) is 21.1. The number of ether oxygens (including phenoxy) is 2. The lowest BCUT2D eigenvalue weighted by Crippen LogP contribution is -2.14. The first-order valence-electron chi connectivity index (χ1n) is 11.2.